The molecule has 0 amide bonds. The average Bonchev–Trinajstić information content (AvgIpc) is 2.83. The number of Topliss-reactive ketones (excluding diaryl/α,β-unsaturated/α-hetero) is 1. The second-order valence-electron chi connectivity index (χ2n) is 3.78. The smallest absolute Gasteiger partial charge is 0.170 e. The molecule has 1 atom stereocenters. The number of ether oxygens (including phenoxy) is 1. The molecule has 1 unspecified atom stereocenters. The van der Waals surface area contributed by atoms with Gasteiger partial charge in [0.1, 0.15) is 17.7 Å². The van der Waals surface area contributed by atoms with Gasteiger partial charge in [0.25, 0.3) is 0 Å². The Morgan fingerprint density at radius 3 is 3.12 bits per heavy atom. The highest BCUT2D eigenvalue weighted by atomic mass is 32.1. The van der Waals surface area contributed by atoms with Gasteiger partial charge in [-0.05, 0) is 18.2 Å². The number of halogens is 1. The maximum atomic E-state index is 13.0. The number of hydrogen-bond donors (Lipinski definition) is 0. The summed E-state index contributed by atoms with van der Waals surface area (Å²) in [4.78, 5) is 16.8. The molecule has 1 aliphatic heterocycles. The monoisotopic (exact) mass is 249 g/mol. The molecule has 1 aromatic heterocycles. The van der Waals surface area contributed by atoms with Gasteiger partial charge in [-0.2, -0.15) is 0 Å². The molecule has 1 aromatic carbocycles. The summed E-state index contributed by atoms with van der Waals surface area (Å²) < 4.78 is 18.7. The van der Waals surface area contributed by atoms with Crippen LogP contribution in [0.15, 0.2) is 29.9 Å². The minimum atomic E-state index is -0.419. The molecule has 0 aliphatic carbocycles. The fraction of sp³-hybridized carbons (Fsp3) is 0.167. The van der Waals surface area contributed by atoms with E-state index in [2.05, 4.69) is 4.98 Å². The Labute approximate surface area is 101 Å². The van der Waals surface area contributed by atoms with Gasteiger partial charge in [0.15, 0.2) is 5.78 Å². The lowest BCUT2D eigenvalue weighted by atomic mass is 10.00. The van der Waals surface area contributed by atoms with Crippen molar-refractivity contribution in [2.24, 2.45) is 0 Å². The van der Waals surface area contributed by atoms with E-state index in [1.54, 1.807) is 11.7 Å². The molecule has 0 bridgehead atoms. The van der Waals surface area contributed by atoms with Crippen molar-refractivity contribution in [2.45, 2.75) is 12.5 Å². The van der Waals surface area contributed by atoms with E-state index in [-0.39, 0.29) is 18.3 Å². The number of rotatable bonds is 1. The Bertz CT molecular complexity index is 568. The summed E-state index contributed by atoms with van der Waals surface area (Å²) in [6.45, 7) is 0. The number of benzene rings is 1. The van der Waals surface area contributed by atoms with Crippen molar-refractivity contribution in [2.75, 3.05) is 0 Å². The molecule has 1 aliphatic rings. The highest BCUT2D eigenvalue weighted by Crippen LogP contribution is 2.36. The second-order valence-corrected chi connectivity index (χ2v) is 4.70. The zero-order valence-corrected chi connectivity index (χ0v) is 9.54. The van der Waals surface area contributed by atoms with E-state index in [0.717, 1.165) is 4.88 Å². The topological polar surface area (TPSA) is 39.2 Å². The first kappa shape index (κ1) is 10.4. The molecule has 0 saturated heterocycles. The van der Waals surface area contributed by atoms with Gasteiger partial charge in [-0.15, -0.1) is 11.3 Å². The number of hydrogen-bond acceptors (Lipinski definition) is 4. The number of aromatic nitrogens is 1. The van der Waals surface area contributed by atoms with Crippen molar-refractivity contribution in [3.8, 4) is 5.75 Å². The number of fused-ring (bicyclic) bond motifs is 1. The Hall–Kier alpha value is -1.75. The SMILES string of the molecule is O=C1CC(c2cncs2)Oc2ccc(F)cc21. The van der Waals surface area contributed by atoms with Gasteiger partial charge < -0.3 is 4.74 Å². The largest absolute Gasteiger partial charge is 0.484 e. The molecule has 2 aromatic rings. The van der Waals surface area contributed by atoms with Crippen LogP contribution in [-0.4, -0.2) is 10.8 Å². The Morgan fingerprint density at radius 2 is 2.35 bits per heavy atom. The van der Waals surface area contributed by atoms with Crippen LogP contribution in [0.1, 0.15) is 27.8 Å². The van der Waals surface area contributed by atoms with Gasteiger partial charge in [-0.25, -0.2) is 4.39 Å². The van der Waals surface area contributed by atoms with Crippen LogP contribution in [0.25, 0.3) is 0 Å². The molecular formula is C12H8FNO2S. The standard InChI is InChI=1S/C12H8FNO2S/c13-7-1-2-10-8(3-7)9(15)4-11(16-10)12-5-14-6-17-12/h1-3,5-6,11H,4H2. The van der Waals surface area contributed by atoms with E-state index in [0.29, 0.717) is 11.3 Å². The number of ketones is 1. The molecule has 0 N–H and O–H groups in total. The van der Waals surface area contributed by atoms with Crippen molar-refractivity contribution in [3.05, 3.63) is 46.2 Å². The number of thiazole rings is 1. The molecule has 3 rings (SSSR count). The average molecular weight is 249 g/mol. The lowest BCUT2D eigenvalue weighted by molar-refractivity contribution is 0.0853. The van der Waals surface area contributed by atoms with E-state index in [1.165, 1.54) is 29.5 Å². The van der Waals surface area contributed by atoms with Gasteiger partial charge >= 0.3 is 0 Å². The minimum Gasteiger partial charge on any atom is -0.484 e. The number of carbonyl (C=O) groups excluding carboxylic acids is 1. The molecule has 0 radical (unpaired) electrons. The van der Waals surface area contributed by atoms with Gasteiger partial charge in [0, 0.05) is 6.20 Å². The molecular weight excluding hydrogens is 241 g/mol. The predicted octanol–water partition coefficient (Wildman–Crippen LogP) is 2.99. The number of nitrogens with zero attached hydrogens (tertiary/aromatic N) is 1. The van der Waals surface area contributed by atoms with Crippen molar-refractivity contribution in [1.29, 1.82) is 0 Å². The normalized spacial score (nSPS) is 18.6. The summed E-state index contributed by atoms with van der Waals surface area (Å²) in [7, 11) is 0. The summed E-state index contributed by atoms with van der Waals surface area (Å²) >= 11 is 1.45. The van der Waals surface area contributed by atoms with Crippen LogP contribution in [-0.2, 0) is 0 Å². The maximum Gasteiger partial charge on any atom is 0.170 e. The lowest BCUT2D eigenvalue weighted by Crippen LogP contribution is -2.19. The molecule has 3 nitrogen and oxygen atoms in total. The first-order valence-electron chi connectivity index (χ1n) is 5.12. The summed E-state index contributed by atoms with van der Waals surface area (Å²) in [5.41, 5.74) is 2.02. The van der Waals surface area contributed by atoms with Crippen LogP contribution < -0.4 is 4.74 Å². The van der Waals surface area contributed by atoms with Crippen LogP contribution in [0.4, 0.5) is 4.39 Å². The molecule has 2 heterocycles. The summed E-state index contributed by atoms with van der Waals surface area (Å²) in [5.74, 6) is -0.0675. The van der Waals surface area contributed by atoms with Crippen LogP contribution >= 0.6 is 11.3 Å². The molecule has 17 heavy (non-hydrogen) atoms. The third kappa shape index (κ3) is 1.82. The Balaban J connectivity index is 1.99. The third-order valence-electron chi connectivity index (χ3n) is 2.65. The first-order valence-corrected chi connectivity index (χ1v) is 6.00. The van der Waals surface area contributed by atoms with Crippen LogP contribution in [0.5, 0.6) is 5.75 Å². The summed E-state index contributed by atoms with van der Waals surface area (Å²) in [6, 6.07) is 4.01. The zero-order valence-electron chi connectivity index (χ0n) is 8.72. The van der Waals surface area contributed by atoms with Crippen LogP contribution in [0, 0.1) is 5.82 Å². The molecule has 86 valence electrons. The minimum absolute atomic E-state index is 0.0934. The third-order valence-corrected chi connectivity index (χ3v) is 3.52. The van der Waals surface area contributed by atoms with Crippen molar-refractivity contribution in [3.63, 3.8) is 0 Å². The summed E-state index contributed by atoms with van der Waals surface area (Å²) in [5, 5.41) is 0. The molecule has 5 heteroatoms. The highest BCUT2D eigenvalue weighted by molar-refractivity contribution is 7.09. The van der Waals surface area contributed by atoms with Crippen molar-refractivity contribution >= 4 is 17.1 Å². The maximum absolute atomic E-state index is 13.0. The van der Waals surface area contributed by atoms with E-state index in [1.807, 2.05) is 0 Å². The first-order chi connectivity index (χ1) is 8.24. The fourth-order valence-electron chi connectivity index (χ4n) is 1.84. The van der Waals surface area contributed by atoms with Gasteiger partial charge in [-0.1, -0.05) is 0 Å². The van der Waals surface area contributed by atoms with Gasteiger partial charge in [0.2, 0.25) is 0 Å². The van der Waals surface area contributed by atoms with Crippen LogP contribution in [0.3, 0.4) is 0 Å². The van der Waals surface area contributed by atoms with Gasteiger partial charge in [0.05, 0.1) is 22.4 Å². The van der Waals surface area contributed by atoms with E-state index in [4.69, 9.17) is 4.74 Å². The fourth-order valence-corrected chi connectivity index (χ4v) is 2.49. The lowest BCUT2D eigenvalue weighted by Gasteiger charge is -2.23. The van der Waals surface area contributed by atoms with Crippen LogP contribution in [0.2, 0.25) is 0 Å². The predicted molar refractivity (Wildman–Crippen MR) is 60.8 cm³/mol. The van der Waals surface area contributed by atoms with Gasteiger partial charge in [-0.3, -0.25) is 9.78 Å². The Morgan fingerprint density at radius 1 is 1.47 bits per heavy atom. The van der Waals surface area contributed by atoms with E-state index >= 15 is 0 Å². The summed E-state index contributed by atoms with van der Waals surface area (Å²) in [6.07, 6.45) is 1.63. The van der Waals surface area contributed by atoms with Crippen molar-refractivity contribution < 1.29 is 13.9 Å². The second kappa shape index (κ2) is 3.92. The highest BCUT2D eigenvalue weighted by Gasteiger charge is 2.28. The number of carbonyl (C=O) groups is 1. The quantitative estimate of drug-likeness (QED) is 0.780. The molecule has 0 saturated carbocycles. The van der Waals surface area contributed by atoms with Crippen molar-refractivity contribution in [1.82, 2.24) is 4.98 Å². The molecule has 0 spiro atoms. The zero-order chi connectivity index (χ0) is 11.8. The Kier molecular flexibility index (Phi) is 2.40. The van der Waals surface area contributed by atoms with E-state index in [9.17, 15) is 9.18 Å². The van der Waals surface area contributed by atoms with E-state index < -0.39 is 5.82 Å². The molecule has 0 fully saturated rings.